The van der Waals surface area contributed by atoms with Crippen molar-refractivity contribution in [3.05, 3.63) is 22.4 Å². The van der Waals surface area contributed by atoms with Gasteiger partial charge in [0.2, 0.25) is 0 Å². The lowest BCUT2D eigenvalue weighted by Crippen LogP contribution is -2.47. The third kappa shape index (κ3) is 2.42. The zero-order valence-electron chi connectivity index (χ0n) is 13.0. The second-order valence-corrected chi connectivity index (χ2v) is 5.81. The number of primary amides is 1. The van der Waals surface area contributed by atoms with Crippen LogP contribution in [0.2, 0.25) is 0 Å². The zero-order chi connectivity index (χ0) is 18.5. The lowest BCUT2D eigenvalue weighted by molar-refractivity contribution is -0.0964. The summed E-state index contributed by atoms with van der Waals surface area (Å²) >= 11 is 0. The summed E-state index contributed by atoms with van der Waals surface area (Å²) in [6.07, 6.45) is -3.09. The fraction of sp³-hybridized carbons (Fsp3) is 0.462. The van der Waals surface area contributed by atoms with Crippen molar-refractivity contribution in [1.82, 2.24) is 19.5 Å². The van der Waals surface area contributed by atoms with Crippen LogP contribution in [-0.4, -0.2) is 65.2 Å². The third-order valence-corrected chi connectivity index (χ3v) is 4.11. The number of aliphatic hydroxyl groups is 3. The van der Waals surface area contributed by atoms with Crippen molar-refractivity contribution in [2.75, 3.05) is 12.3 Å². The van der Waals surface area contributed by atoms with Crippen LogP contribution in [0.5, 0.6) is 0 Å². The SMILES string of the molecule is CC1(O)C(O)C(CO)OC1n1c(=O)c(C(N)=O)nc2c(N)ncnc21. The number of nitrogens with zero attached hydrogens (tertiary/aromatic N) is 4. The third-order valence-electron chi connectivity index (χ3n) is 4.11. The maximum absolute atomic E-state index is 12.7. The van der Waals surface area contributed by atoms with Crippen LogP contribution in [0, 0.1) is 0 Å². The number of rotatable bonds is 3. The number of hydrogen-bond acceptors (Lipinski definition) is 10. The van der Waals surface area contributed by atoms with Crippen LogP contribution in [0.3, 0.4) is 0 Å². The predicted octanol–water partition coefficient (Wildman–Crippen LogP) is -3.13. The number of carbonyl (C=O) groups is 1. The van der Waals surface area contributed by atoms with E-state index in [1.54, 1.807) is 0 Å². The smallest absolute Gasteiger partial charge is 0.286 e. The van der Waals surface area contributed by atoms with Gasteiger partial charge in [-0.1, -0.05) is 0 Å². The van der Waals surface area contributed by atoms with Gasteiger partial charge in [-0.15, -0.1) is 0 Å². The van der Waals surface area contributed by atoms with Gasteiger partial charge >= 0.3 is 0 Å². The average molecular weight is 352 g/mol. The van der Waals surface area contributed by atoms with Crippen LogP contribution in [-0.2, 0) is 4.74 Å². The Bertz CT molecular complexity index is 912. The second-order valence-electron chi connectivity index (χ2n) is 5.81. The van der Waals surface area contributed by atoms with Gasteiger partial charge in [0.15, 0.2) is 23.4 Å². The fourth-order valence-corrected chi connectivity index (χ4v) is 2.78. The Morgan fingerprint density at radius 2 is 2.16 bits per heavy atom. The Morgan fingerprint density at radius 1 is 1.48 bits per heavy atom. The minimum atomic E-state index is -1.99. The van der Waals surface area contributed by atoms with Crippen LogP contribution in [0.4, 0.5) is 5.82 Å². The molecule has 2 aromatic heterocycles. The molecule has 0 saturated carbocycles. The number of nitrogens with two attached hydrogens (primary N) is 2. The van der Waals surface area contributed by atoms with E-state index in [-0.39, 0.29) is 17.0 Å². The number of fused-ring (bicyclic) bond motifs is 1. The first-order valence-electron chi connectivity index (χ1n) is 7.19. The molecule has 0 bridgehead atoms. The molecule has 12 nitrogen and oxygen atoms in total. The van der Waals surface area contributed by atoms with E-state index in [1.165, 1.54) is 6.92 Å². The number of hydrogen-bond donors (Lipinski definition) is 5. The van der Waals surface area contributed by atoms with Gasteiger partial charge in [-0.05, 0) is 6.92 Å². The van der Waals surface area contributed by atoms with E-state index in [0.717, 1.165) is 10.9 Å². The number of ether oxygens (including phenoxy) is 1. The molecule has 1 fully saturated rings. The minimum Gasteiger partial charge on any atom is -0.394 e. The zero-order valence-corrected chi connectivity index (χ0v) is 13.0. The molecule has 4 atom stereocenters. The maximum atomic E-state index is 12.7. The van der Waals surface area contributed by atoms with Gasteiger partial charge in [-0.2, -0.15) is 0 Å². The summed E-state index contributed by atoms with van der Waals surface area (Å²) in [6, 6.07) is 0. The Kier molecular flexibility index (Phi) is 3.91. The number of aromatic nitrogens is 4. The molecule has 4 unspecified atom stereocenters. The Balaban J connectivity index is 2.36. The van der Waals surface area contributed by atoms with Crippen molar-refractivity contribution in [2.24, 2.45) is 5.73 Å². The largest absolute Gasteiger partial charge is 0.394 e. The maximum Gasteiger partial charge on any atom is 0.286 e. The van der Waals surface area contributed by atoms with Crippen LogP contribution in [0.1, 0.15) is 23.6 Å². The molecule has 0 radical (unpaired) electrons. The number of aliphatic hydroxyl groups excluding tert-OH is 2. The van der Waals surface area contributed by atoms with Gasteiger partial charge in [0.1, 0.15) is 29.7 Å². The molecule has 3 rings (SSSR count). The normalized spacial score (nSPS) is 29.2. The molecular weight excluding hydrogens is 336 g/mol. The van der Waals surface area contributed by atoms with E-state index >= 15 is 0 Å². The molecule has 1 amide bonds. The summed E-state index contributed by atoms with van der Waals surface area (Å²) in [6.45, 7) is 0.608. The van der Waals surface area contributed by atoms with Gasteiger partial charge in [0.05, 0.1) is 6.61 Å². The van der Waals surface area contributed by atoms with Gasteiger partial charge in [0, 0.05) is 0 Å². The molecule has 0 aromatic carbocycles. The summed E-state index contributed by atoms with van der Waals surface area (Å²) in [7, 11) is 0. The van der Waals surface area contributed by atoms with Gasteiger partial charge in [-0.3, -0.25) is 14.2 Å². The fourth-order valence-electron chi connectivity index (χ4n) is 2.78. The first kappa shape index (κ1) is 17.2. The molecular formula is C13H16N6O6. The average Bonchev–Trinajstić information content (AvgIpc) is 2.77. The molecule has 1 aliphatic heterocycles. The molecule has 3 heterocycles. The molecule has 12 heteroatoms. The highest BCUT2D eigenvalue weighted by atomic mass is 16.6. The summed E-state index contributed by atoms with van der Waals surface area (Å²) in [5, 5.41) is 30.0. The van der Waals surface area contributed by atoms with Crippen molar-refractivity contribution >= 4 is 22.9 Å². The molecule has 1 aliphatic rings. The van der Waals surface area contributed by atoms with Crippen LogP contribution >= 0.6 is 0 Å². The Hall–Kier alpha value is -2.67. The molecule has 2 aromatic rings. The molecule has 7 N–H and O–H groups in total. The second kappa shape index (κ2) is 5.70. The van der Waals surface area contributed by atoms with E-state index < -0.39 is 47.8 Å². The highest BCUT2D eigenvalue weighted by Crippen LogP contribution is 2.38. The molecule has 134 valence electrons. The van der Waals surface area contributed by atoms with Gasteiger partial charge in [-0.25, -0.2) is 15.0 Å². The monoisotopic (exact) mass is 352 g/mol. The first-order valence-corrected chi connectivity index (χ1v) is 7.19. The van der Waals surface area contributed by atoms with Crippen molar-refractivity contribution < 1.29 is 24.9 Å². The molecule has 25 heavy (non-hydrogen) atoms. The van der Waals surface area contributed by atoms with Crippen molar-refractivity contribution in [2.45, 2.75) is 31.0 Å². The van der Waals surface area contributed by atoms with Crippen molar-refractivity contribution in [3.63, 3.8) is 0 Å². The number of amides is 1. The highest BCUT2D eigenvalue weighted by molar-refractivity contribution is 5.93. The molecule has 0 aliphatic carbocycles. The van der Waals surface area contributed by atoms with Crippen molar-refractivity contribution in [3.8, 4) is 0 Å². The lowest BCUT2D eigenvalue weighted by Gasteiger charge is -2.28. The Morgan fingerprint density at radius 3 is 2.72 bits per heavy atom. The quantitative estimate of drug-likeness (QED) is 0.376. The van der Waals surface area contributed by atoms with E-state index in [2.05, 4.69) is 15.0 Å². The van der Waals surface area contributed by atoms with Crippen LogP contribution < -0.4 is 17.0 Å². The summed E-state index contributed by atoms with van der Waals surface area (Å²) in [5.74, 6) is -1.25. The minimum absolute atomic E-state index is 0.0998. The standard InChI is InChI=1S/C13H16N6O6/c1-13(24)7(21)4(2-20)25-12(13)19-10-5(8(14)16-3-17-10)18-6(9(15)22)11(19)23/h3-4,7,12,20-21,24H,2H2,1H3,(H2,15,22)(H2,14,16,17). The highest BCUT2D eigenvalue weighted by Gasteiger charge is 2.53. The van der Waals surface area contributed by atoms with E-state index in [9.17, 15) is 24.9 Å². The molecule has 1 saturated heterocycles. The summed E-state index contributed by atoms with van der Waals surface area (Å²) in [5.41, 5.74) is 7.04. The number of anilines is 1. The van der Waals surface area contributed by atoms with E-state index in [1.807, 2.05) is 0 Å². The van der Waals surface area contributed by atoms with Gasteiger partial charge < -0.3 is 31.5 Å². The van der Waals surface area contributed by atoms with Gasteiger partial charge in [0.25, 0.3) is 11.5 Å². The van der Waals surface area contributed by atoms with Crippen LogP contribution in [0.25, 0.3) is 11.2 Å². The van der Waals surface area contributed by atoms with Crippen molar-refractivity contribution in [1.29, 1.82) is 0 Å². The summed E-state index contributed by atoms with van der Waals surface area (Å²) < 4.78 is 6.24. The van der Waals surface area contributed by atoms with E-state index in [4.69, 9.17) is 16.2 Å². The lowest BCUT2D eigenvalue weighted by atomic mass is 9.96. The number of nitrogen functional groups attached to an aromatic ring is 1. The summed E-state index contributed by atoms with van der Waals surface area (Å²) in [4.78, 5) is 35.7. The van der Waals surface area contributed by atoms with Crippen LogP contribution in [0.15, 0.2) is 11.1 Å². The number of carbonyl (C=O) groups excluding carboxylic acids is 1. The predicted molar refractivity (Wildman–Crippen MR) is 82.1 cm³/mol. The topological polar surface area (TPSA) is 200 Å². The first-order chi connectivity index (χ1) is 11.7. The molecule has 0 spiro atoms. The Labute approximate surface area is 139 Å². The van der Waals surface area contributed by atoms with E-state index in [0.29, 0.717) is 0 Å².